The average Bonchev–Trinajstić information content (AvgIpc) is 2.75. The van der Waals surface area contributed by atoms with Crippen molar-refractivity contribution in [2.75, 3.05) is 0 Å². The van der Waals surface area contributed by atoms with Gasteiger partial charge in [0.05, 0.1) is 0 Å². The molecule has 0 heterocycles. The molecule has 0 heteroatoms. The standard InChI is InChI=1S/C28H32/c1-2-3-4-5-6-7-8-9-12-22-15-18-26-24(21-22)17-20-27-25-14-11-10-13-23(25)16-19-28(26)27/h10-11,13-21H,2-9,12H2,1H3. The molecule has 0 aliphatic heterocycles. The van der Waals surface area contributed by atoms with Crippen LogP contribution in [-0.4, -0.2) is 0 Å². The number of hydrogen-bond acceptors (Lipinski definition) is 0. The number of fused-ring (bicyclic) bond motifs is 5. The van der Waals surface area contributed by atoms with Crippen molar-refractivity contribution in [3.8, 4) is 0 Å². The Bertz CT molecular complexity index is 1060. The second-order valence-electron chi connectivity index (χ2n) is 8.23. The van der Waals surface area contributed by atoms with E-state index in [1.807, 2.05) is 0 Å². The molecule has 0 fully saturated rings. The van der Waals surface area contributed by atoms with E-state index in [-0.39, 0.29) is 0 Å². The van der Waals surface area contributed by atoms with Crippen molar-refractivity contribution in [2.45, 2.75) is 64.7 Å². The van der Waals surface area contributed by atoms with Crippen LogP contribution < -0.4 is 0 Å². The van der Waals surface area contributed by atoms with E-state index in [1.165, 1.54) is 95.7 Å². The molecule has 0 N–H and O–H groups in total. The highest BCUT2D eigenvalue weighted by Crippen LogP contribution is 2.31. The lowest BCUT2D eigenvalue weighted by Gasteiger charge is -2.09. The zero-order chi connectivity index (χ0) is 19.2. The highest BCUT2D eigenvalue weighted by molar-refractivity contribution is 6.17. The first-order valence-corrected chi connectivity index (χ1v) is 11.2. The van der Waals surface area contributed by atoms with Gasteiger partial charge in [-0.2, -0.15) is 0 Å². The second-order valence-corrected chi connectivity index (χ2v) is 8.23. The minimum absolute atomic E-state index is 1.21. The van der Waals surface area contributed by atoms with E-state index >= 15 is 0 Å². The fraction of sp³-hybridized carbons (Fsp3) is 0.357. The Balaban J connectivity index is 1.44. The van der Waals surface area contributed by atoms with Crippen LogP contribution in [0.5, 0.6) is 0 Å². The highest BCUT2D eigenvalue weighted by atomic mass is 14.1. The number of aryl methyl sites for hydroxylation is 1. The zero-order valence-electron chi connectivity index (χ0n) is 17.2. The van der Waals surface area contributed by atoms with Crippen molar-refractivity contribution in [3.63, 3.8) is 0 Å². The van der Waals surface area contributed by atoms with Crippen molar-refractivity contribution in [3.05, 3.63) is 72.3 Å². The molecule has 0 amide bonds. The fourth-order valence-electron chi connectivity index (χ4n) is 4.50. The Morgan fingerprint density at radius 2 is 1.11 bits per heavy atom. The summed E-state index contributed by atoms with van der Waals surface area (Å²) >= 11 is 0. The molecule has 0 saturated carbocycles. The van der Waals surface area contributed by atoms with Crippen LogP contribution >= 0.6 is 0 Å². The highest BCUT2D eigenvalue weighted by Gasteiger charge is 2.05. The monoisotopic (exact) mass is 368 g/mol. The Kier molecular flexibility index (Phi) is 6.27. The number of unbranched alkanes of at least 4 members (excludes halogenated alkanes) is 7. The predicted octanol–water partition coefficient (Wildman–Crippen LogP) is 8.83. The van der Waals surface area contributed by atoms with Crippen molar-refractivity contribution in [2.24, 2.45) is 0 Å². The molecule has 0 saturated heterocycles. The third kappa shape index (κ3) is 4.22. The Morgan fingerprint density at radius 1 is 0.500 bits per heavy atom. The first-order chi connectivity index (χ1) is 13.9. The Hall–Kier alpha value is -2.34. The predicted molar refractivity (Wildman–Crippen MR) is 125 cm³/mol. The van der Waals surface area contributed by atoms with Gasteiger partial charge in [-0.05, 0) is 50.7 Å². The number of hydrogen-bond donors (Lipinski definition) is 0. The maximum absolute atomic E-state index is 2.41. The summed E-state index contributed by atoms with van der Waals surface area (Å²) < 4.78 is 0. The van der Waals surface area contributed by atoms with E-state index in [4.69, 9.17) is 0 Å². The maximum Gasteiger partial charge on any atom is -0.00990 e. The molecule has 0 bridgehead atoms. The lowest BCUT2D eigenvalue weighted by Crippen LogP contribution is -1.88. The molecule has 144 valence electrons. The van der Waals surface area contributed by atoms with Gasteiger partial charge in [-0.25, -0.2) is 0 Å². The molecule has 4 rings (SSSR count). The minimum Gasteiger partial charge on any atom is -0.0654 e. The molecule has 4 aromatic carbocycles. The third-order valence-corrected chi connectivity index (χ3v) is 6.13. The summed E-state index contributed by atoms with van der Waals surface area (Å²) in [5.74, 6) is 0. The summed E-state index contributed by atoms with van der Waals surface area (Å²) in [7, 11) is 0. The molecule has 0 nitrogen and oxygen atoms in total. The van der Waals surface area contributed by atoms with Gasteiger partial charge in [-0.15, -0.1) is 0 Å². The molecule has 0 aromatic heterocycles. The minimum atomic E-state index is 1.21. The van der Waals surface area contributed by atoms with Gasteiger partial charge in [-0.3, -0.25) is 0 Å². The number of benzene rings is 4. The first-order valence-electron chi connectivity index (χ1n) is 11.2. The topological polar surface area (TPSA) is 0 Å². The molecular weight excluding hydrogens is 336 g/mol. The smallest absolute Gasteiger partial charge is 0.00990 e. The van der Waals surface area contributed by atoms with Crippen LogP contribution in [0.3, 0.4) is 0 Å². The quantitative estimate of drug-likeness (QED) is 0.204. The van der Waals surface area contributed by atoms with Gasteiger partial charge >= 0.3 is 0 Å². The van der Waals surface area contributed by atoms with Crippen LogP contribution in [0.2, 0.25) is 0 Å². The molecular formula is C28H32. The van der Waals surface area contributed by atoms with Gasteiger partial charge in [0.25, 0.3) is 0 Å². The lowest BCUT2D eigenvalue weighted by atomic mass is 9.95. The SMILES string of the molecule is CCCCCCCCCCc1ccc2c(ccc3c4ccccc4ccc23)c1. The molecule has 0 atom stereocenters. The van der Waals surface area contributed by atoms with Gasteiger partial charge in [0.1, 0.15) is 0 Å². The normalized spacial score (nSPS) is 11.6. The fourth-order valence-corrected chi connectivity index (χ4v) is 4.50. The van der Waals surface area contributed by atoms with Crippen LogP contribution in [0, 0.1) is 0 Å². The van der Waals surface area contributed by atoms with Crippen molar-refractivity contribution in [1.82, 2.24) is 0 Å². The Labute approximate surface area is 169 Å². The van der Waals surface area contributed by atoms with Gasteiger partial charge in [0.15, 0.2) is 0 Å². The van der Waals surface area contributed by atoms with E-state index in [0.717, 1.165) is 0 Å². The van der Waals surface area contributed by atoms with E-state index in [1.54, 1.807) is 0 Å². The van der Waals surface area contributed by atoms with Crippen molar-refractivity contribution < 1.29 is 0 Å². The zero-order valence-corrected chi connectivity index (χ0v) is 17.2. The van der Waals surface area contributed by atoms with E-state index < -0.39 is 0 Å². The van der Waals surface area contributed by atoms with E-state index in [2.05, 4.69) is 73.7 Å². The Morgan fingerprint density at radius 3 is 1.89 bits per heavy atom. The van der Waals surface area contributed by atoms with E-state index in [0.29, 0.717) is 0 Å². The summed E-state index contributed by atoms with van der Waals surface area (Å²) in [6.45, 7) is 2.29. The molecule has 0 spiro atoms. The van der Waals surface area contributed by atoms with Gasteiger partial charge in [0, 0.05) is 0 Å². The van der Waals surface area contributed by atoms with Crippen LogP contribution in [0.1, 0.15) is 63.9 Å². The molecule has 0 radical (unpaired) electrons. The van der Waals surface area contributed by atoms with Crippen molar-refractivity contribution in [1.29, 1.82) is 0 Å². The average molecular weight is 369 g/mol. The van der Waals surface area contributed by atoms with E-state index in [9.17, 15) is 0 Å². The van der Waals surface area contributed by atoms with Crippen LogP contribution in [0.15, 0.2) is 66.7 Å². The summed E-state index contributed by atoms with van der Waals surface area (Å²) in [6, 6.07) is 24.9. The summed E-state index contributed by atoms with van der Waals surface area (Å²) in [5, 5.41) is 8.16. The second kappa shape index (κ2) is 9.24. The molecule has 28 heavy (non-hydrogen) atoms. The van der Waals surface area contributed by atoms with Crippen molar-refractivity contribution >= 4 is 32.3 Å². The third-order valence-electron chi connectivity index (χ3n) is 6.13. The largest absolute Gasteiger partial charge is 0.0654 e. The van der Waals surface area contributed by atoms with Crippen LogP contribution in [0.25, 0.3) is 32.3 Å². The molecule has 0 aliphatic carbocycles. The van der Waals surface area contributed by atoms with Crippen LogP contribution in [-0.2, 0) is 6.42 Å². The van der Waals surface area contributed by atoms with Crippen LogP contribution in [0.4, 0.5) is 0 Å². The van der Waals surface area contributed by atoms with Gasteiger partial charge in [-0.1, -0.05) is 119 Å². The van der Waals surface area contributed by atoms with Gasteiger partial charge in [0.2, 0.25) is 0 Å². The van der Waals surface area contributed by atoms with Gasteiger partial charge < -0.3 is 0 Å². The molecule has 0 unspecified atom stereocenters. The lowest BCUT2D eigenvalue weighted by molar-refractivity contribution is 0.575. The molecule has 0 aliphatic rings. The maximum atomic E-state index is 2.41. The summed E-state index contributed by atoms with van der Waals surface area (Å²) in [4.78, 5) is 0. The molecule has 4 aromatic rings. The summed E-state index contributed by atoms with van der Waals surface area (Å²) in [6.07, 6.45) is 12.3. The summed E-state index contributed by atoms with van der Waals surface area (Å²) in [5.41, 5.74) is 1.48. The first kappa shape index (κ1) is 19.0. The number of rotatable bonds is 9.